The number of carboxylic acids is 1. The molecule has 3 nitrogen and oxygen atoms in total. The standard InChI is InChI=1S/C7H12O3/c1-2-5(7(8)9)3-6-4-10-6/h5-6H,2-4H2,1H3,(H,8,9)/t5-,6-/m1/s1. The average Bonchev–Trinajstić information content (AvgIpc) is 2.64. The number of carboxylic acid groups (broad SMARTS) is 1. The van der Waals surface area contributed by atoms with E-state index in [2.05, 4.69) is 0 Å². The number of hydrogen-bond donors (Lipinski definition) is 1. The van der Waals surface area contributed by atoms with Gasteiger partial charge in [-0.1, -0.05) is 6.92 Å². The van der Waals surface area contributed by atoms with Crippen molar-refractivity contribution in [1.29, 1.82) is 0 Å². The maximum absolute atomic E-state index is 10.4. The summed E-state index contributed by atoms with van der Waals surface area (Å²) in [4.78, 5) is 10.4. The lowest BCUT2D eigenvalue weighted by Crippen LogP contribution is -2.14. The summed E-state index contributed by atoms with van der Waals surface area (Å²) >= 11 is 0. The molecule has 1 aliphatic heterocycles. The second kappa shape index (κ2) is 3.01. The molecule has 0 aromatic heterocycles. The molecular weight excluding hydrogens is 132 g/mol. The first-order valence-corrected chi connectivity index (χ1v) is 3.58. The molecule has 1 rings (SSSR count). The van der Waals surface area contributed by atoms with Crippen LogP contribution in [0.15, 0.2) is 0 Å². The first kappa shape index (κ1) is 7.54. The van der Waals surface area contributed by atoms with Crippen molar-refractivity contribution in [3.05, 3.63) is 0 Å². The molecule has 0 bridgehead atoms. The molecule has 0 aromatic rings. The molecule has 0 aromatic carbocycles. The van der Waals surface area contributed by atoms with Crippen LogP contribution in [0.3, 0.4) is 0 Å². The van der Waals surface area contributed by atoms with Gasteiger partial charge in [0.05, 0.1) is 18.6 Å². The van der Waals surface area contributed by atoms with Gasteiger partial charge in [-0.15, -0.1) is 0 Å². The topological polar surface area (TPSA) is 49.8 Å². The van der Waals surface area contributed by atoms with Crippen LogP contribution in [-0.2, 0) is 9.53 Å². The summed E-state index contributed by atoms with van der Waals surface area (Å²) in [6.45, 7) is 2.64. The third-order valence-corrected chi connectivity index (χ3v) is 1.79. The largest absolute Gasteiger partial charge is 0.481 e. The molecule has 2 atom stereocenters. The molecule has 1 heterocycles. The number of carbonyl (C=O) groups is 1. The molecule has 0 unspecified atom stereocenters. The fraction of sp³-hybridized carbons (Fsp3) is 0.857. The van der Waals surface area contributed by atoms with Gasteiger partial charge < -0.3 is 9.84 Å². The minimum Gasteiger partial charge on any atom is -0.481 e. The Morgan fingerprint density at radius 3 is 2.80 bits per heavy atom. The van der Waals surface area contributed by atoms with E-state index in [1.807, 2.05) is 6.92 Å². The van der Waals surface area contributed by atoms with E-state index in [4.69, 9.17) is 9.84 Å². The van der Waals surface area contributed by atoms with Gasteiger partial charge in [0.2, 0.25) is 0 Å². The van der Waals surface area contributed by atoms with Gasteiger partial charge in [-0.3, -0.25) is 4.79 Å². The van der Waals surface area contributed by atoms with Crippen molar-refractivity contribution < 1.29 is 14.6 Å². The molecule has 3 heteroatoms. The Balaban J connectivity index is 2.24. The van der Waals surface area contributed by atoms with E-state index >= 15 is 0 Å². The zero-order valence-corrected chi connectivity index (χ0v) is 6.04. The smallest absolute Gasteiger partial charge is 0.306 e. The van der Waals surface area contributed by atoms with Gasteiger partial charge in [0.15, 0.2) is 0 Å². The normalized spacial score (nSPS) is 25.9. The molecule has 1 aliphatic rings. The number of epoxide rings is 1. The minimum absolute atomic E-state index is 0.201. The Morgan fingerprint density at radius 2 is 2.50 bits per heavy atom. The summed E-state index contributed by atoms with van der Waals surface area (Å²) in [5.74, 6) is -0.898. The number of hydrogen-bond acceptors (Lipinski definition) is 2. The van der Waals surface area contributed by atoms with Crippen molar-refractivity contribution in [2.24, 2.45) is 5.92 Å². The van der Waals surface area contributed by atoms with Crippen LogP contribution < -0.4 is 0 Å². The summed E-state index contributed by atoms with van der Waals surface area (Å²) in [6, 6.07) is 0. The first-order chi connectivity index (χ1) is 4.74. The molecule has 1 N–H and O–H groups in total. The van der Waals surface area contributed by atoms with E-state index in [-0.39, 0.29) is 12.0 Å². The van der Waals surface area contributed by atoms with Crippen LogP contribution in [0.1, 0.15) is 19.8 Å². The Hall–Kier alpha value is -0.570. The summed E-state index contributed by atoms with van der Waals surface area (Å²) in [6.07, 6.45) is 1.63. The van der Waals surface area contributed by atoms with Gasteiger partial charge in [0.1, 0.15) is 0 Å². The summed E-state index contributed by atoms with van der Waals surface area (Å²) in [7, 11) is 0. The predicted octanol–water partition coefficient (Wildman–Crippen LogP) is 0.886. The fourth-order valence-corrected chi connectivity index (χ4v) is 0.964. The lowest BCUT2D eigenvalue weighted by Gasteiger charge is -2.05. The van der Waals surface area contributed by atoms with Crippen LogP contribution in [-0.4, -0.2) is 23.8 Å². The van der Waals surface area contributed by atoms with Gasteiger partial charge in [0, 0.05) is 0 Å². The van der Waals surface area contributed by atoms with Crippen molar-refractivity contribution in [3.8, 4) is 0 Å². The second-order valence-electron chi connectivity index (χ2n) is 2.63. The number of aliphatic carboxylic acids is 1. The predicted molar refractivity (Wildman–Crippen MR) is 35.8 cm³/mol. The summed E-state index contributed by atoms with van der Waals surface area (Å²) in [5, 5.41) is 8.59. The van der Waals surface area contributed by atoms with Gasteiger partial charge >= 0.3 is 5.97 Å². The lowest BCUT2D eigenvalue weighted by atomic mass is 10.0. The highest BCUT2D eigenvalue weighted by Crippen LogP contribution is 2.21. The Bertz CT molecular complexity index is 129. The fourth-order valence-electron chi connectivity index (χ4n) is 0.964. The highest BCUT2D eigenvalue weighted by atomic mass is 16.6. The third-order valence-electron chi connectivity index (χ3n) is 1.79. The molecule has 0 aliphatic carbocycles. The number of ether oxygens (including phenoxy) is 1. The lowest BCUT2D eigenvalue weighted by molar-refractivity contribution is -0.142. The molecule has 0 saturated carbocycles. The Kier molecular flexibility index (Phi) is 2.27. The minimum atomic E-state index is -0.696. The quantitative estimate of drug-likeness (QED) is 0.596. The molecule has 58 valence electrons. The molecule has 1 saturated heterocycles. The van der Waals surface area contributed by atoms with Gasteiger partial charge in [-0.2, -0.15) is 0 Å². The van der Waals surface area contributed by atoms with Gasteiger partial charge in [-0.05, 0) is 12.8 Å². The highest BCUT2D eigenvalue weighted by molar-refractivity contribution is 5.69. The Labute approximate surface area is 60.0 Å². The first-order valence-electron chi connectivity index (χ1n) is 3.58. The molecule has 1 fully saturated rings. The van der Waals surface area contributed by atoms with E-state index < -0.39 is 5.97 Å². The molecular formula is C7H12O3. The van der Waals surface area contributed by atoms with Crippen LogP contribution in [0, 0.1) is 5.92 Å². The van der Waals surface area contributed by atoms with Gasteiger partial charge in [0.25, 0.3) is 0 Å². The van der Waals surface area contributed by atoms with Crippen LogP contribution in [0.25, 0.3) is 0 Å². The SMILES string of the molecule is CC[C@H](C[C@@H]1CO1)C(=O)O. The van der Waals surface area contributed by atoms with E-state index in [1.54, 1.807) is 0 Å². The van der Waals surface area contributed by atoms with E-state index in [0.29, 0.717) is 12.8 Å². The van der Waals surface area contributed by atoms with Crippen molar-refractivity contribution in [2.75, 3.05) is 6.61 Å². The summed E-state index contributed by atoms with van der Waals surface area (Å²) < 4.78 is 4.93. The second-order valence-corrected chi connectivity index (χ2v) is 2.63. The van der Waals surface area contributed by atoms with Gasteiger partial charge in [-0.25, -0.2) is 0 Å². The van der Waals surface area contributed by atoms with Crippen LogP contribution >= 0.6 is 0 Å². The third kappa shape index (κ3) is 1.99. The maximum atomic E-state index is 10.4. The van der Waals surface area contributed by atoms with Crippen molar-refractivity contribution in [2.45, 2.75) is 25.9 Å². The van der Waals surface area contributed by atoms with E-state index in [1.165, 1.54) is 0 Å². The van der Waals surface area contributed by atoms with Crippen molar-refractivity contribution in [3.63, 3.8) is 0 Å². The zero-order chi connectivity index (χ0) is 7.56. The Morgan fingerprint density at radius 1 is 1.90 bits per heavy atom. The maximum Gasteiger partial charge on any atom is 0.306 e. The van der Waals surface area contributed by atoms with Crippen LogP contribution in [0.5, 0.6) is 0 Å². The number of rotatable bonds is 4. The highest BCUT2D eigenvalue weighted by Gasteiger charge is 2.28. The zero-order valence-electron chi connectivity index (χ0n) is 6.04. The van der Waals surface area contributed by atoms with Crippen LogP contribution in [0.2, 0.25) is 0 Å². The molecule has 0 spiro atoms. The monoisotopic (exact) mass is 144 g/mol. The van der Waals surface area contributed by atoms with E-state index in [9.17, 15) is 4.79 Å². The average molecular weight is 144 g/mol. The molecule has 0 radical (unpaired) electrons. The van der Waals surface area contributed by atoms with Crippen molar-refractivity contribution in [1.82, 2.24) is 0 Å². The molecule has 0 amide bonds. The molecule has 10 heavy (non-hydrogen) atoms. The van der Waals surface area contributed by atoms with Crippen LogP contribution in [0.4, 0.5) is 0 Å². The van der Waals surface area contributed by atoms with E-state index in [0.717, 1.165) is 6.61 Å². The summed E-state index contributed by atoms with van der Waals surface area (Å²) in [5.41, 5.74) is 0. The van der Waals surface area contributed by atoms with Crippen molar-refractivity contribution >= 4 is 5.97 Å².